The molecule has 0 saturated carbocycles. The van der Waals surface area contributed by atoms with Crippen LogP contribution in [0.3, 0.4) is 0 Å². The topological polar surface area (TPSA) is 97.3 Å². The van der Waals surface area contributed by atoms with Crippen molar-refractivity contribution in [2.45, 2.75) is 0 Å². The number of anilines is 1. The number of β-amino-alcohol motifs (C(OH)–C–C–N with tert-alkyl or cyclic N) is 1. The first-order valence-corrected chi connectivity index (χ1v) is 9.34. The summed E-state index contributed by atoms with van der Waals surface area (Å²) in [6.07, 6.45) is 0. The van der Waals surface area contributed by atoms with Crippen LogP contribution in [0.1, 0.15) is 0 Å². The van der Waals surface area contributed by atoms with Gasteiger partial charge in [0.1, 0.15) is 5.70 Å². The van der Waals surface area contributed by atoms with Crippen molar-refractivity contribution in [1.82, 2.24) is 4.90 Å². The molecule has 0 spiro atoms. The summed E-state index contributed by atoms with van der Waals surface area (Å²) in [5.41, 5.74) is 2.65. The number of hydrogen-bond donors (Lipinski definition) is 2. The number of amides is 1. The maximum absolute atomic E-state index is 12.8. The van der Waals surface area contributed by atoms with Crippen molar-refractivity contribution < 1.29 is 28.9 Å². The zero-order valence-corrected chi connectivity index (χ0v) is 17.1. The summed E-state index contributed by atoms with van der Waals surface area (Å²) in [4.78, 5) is 26.4. The van der Waals surface area contributed by atoms with E-state index in [4.69, 9.17) is 14.2 Å². The second-order valence-corrected chi connectivity index (χ2v) is 6.54. The second kappa shape index (κ2) is 9.32. The molecule has 8 heteroatoms. The van der Waals surface area contributed by atoms with E-state index < -0.39 is 5.97 Å². The Morgan fingerprint density at radius 2 is 1.83 bits per heavy atom. The monoisotopic (exact) mass is 412 g/mol. The van der Waals surface area contributed by atoms with Gasteiger partial charge in [-0.05, 0) is 23.8 Å². The third-order valence-corrected chi connectivity index (χ3v) is 4.83. The molecule has 0 radical (unpaired) electrons. The van der Waals surface area contributed by atoms with Crippen LogP contribution in [-0.4, -0.2) is 62.9 Å². The molecule has 0 saturated heterocycles. The van der Waals surface area contributed by atoms with E-state index in [9.17, 15) is 14.7 Å². The molecule has 158 valence electrons. The lowest BCUT2D eigenvalue weighted by Crippen LogP contribution is -2.31. The first-order valence-electron chi connectivity index (χ1n) is 9.34. The van der Waals surface area contributed by atoms with Gasteiger partial charge in [-0.2, -0.15) is 0 Å². The summed E-state index contributed by atoms with van der Waals surface area (Å²) in [7, 11) is 4.40. The molecule has 0 atom stereocenters. The number of ether oxygens (including phenoxy) is 3. The molecule has 1 aliphatic heterocycles. The third kappa shape index (κ3) is 4.08. The highest BCUT2D eigenvalue weighted by Crippen LogP contribution is 2.36. The molecular formula is C22H24N2O6. The minimum Gasteiger partial charge on any atom is -0.493 e. The van der Waals surface area contributed by atoms with Crippen LogP contribution in [0, 0.1) is 0 Å². The van der Waals surface area contributed by atoms with E-state index in [1.807, 2.05) is 36.4 Å². The number of methoxy groups -OCH3 is 3. The molecule has 2 aromatic carbocycles. The Kier molecular flexibility index (Phi) is 6.58. The lowest BCUT2D eigenvalue weighted by molar-refractivity contribution is -0.136. The Balaban J connectivity index is 2.01. The van der Waals surface area contributed by atoms with E-state index in [-0.39, 0.29) is 36.9 Å². The lowest BCUT2D eigenvalue weighted by atomic mass is 10.0. The van der Waals surface area contributed by atoms with Gasteiger partial charge in [-0.15, -0.1) is 0 Å². The minimum atomic E-state index is -0.588. The number of benzene rings is 2. The molecule has 0 fully saturated rings. The molecule has 0 unspecified atom stereocenters. The molecule has 1 amide bonds. The van der Waals surface area contributed by atoms with Gasteiger partial charge in [-0.1, -0.05) is 24.3 Å². The minimum absolute atomic E-state index is 0.0763. The van der Waals surface area contributed by atoms with E-state index in [2.05, 4.69) is 5.32 Å². The Bertz CT molecular complexity index is 985. The Hall–Kier alpha value is -3.52. The van der Waals surface area contributed by atoms with Crippen molar-refractivity contribution in [2.24, 2.45) is 0 Å². The number of carbonyl (C=O) groups excluding carboxylic acids is 2. The van der Waals surface area contributed by atoms with Crippen molar-refractivity contribution in [3.8, 4) is 22.6 Å². The van der Waals surface area contributed by atoms with Crippen LogP contribution >= 0.6 is 0 Å². The highest BCUT2D eigenvalue weighted by Gasteiger charge is 2.34. The van der Waals surface area contributed by atoms with E-state index in [1.165, 1.54) is 12.0 Å². The summed E-state index contributed by atoms with van der Waals surface area (Å²) < 4.78 is 15.5. The zero-order chi connectivity index (χ0) is 21.7. The number of hydrogen-bond acceptors (Lipinski definition) is 7. The summed E-state index contributed by atoms with van der Waals surface area (Å²) in [5, 5.41) is 12.3. The van der Waals surface area contributed by atoms with Crippen LogP contribution in [-0.2, 0) is 14.3 Å². The van der Waals surface area contributed by atoms with Crippen molar-refractivity contribution in [2.75, 3.05) is 46.3 Å². The van der Waals surface area contributed by atoms with Gasteiger partial charge in [0.2, 0.25) is 0 Å². The molecule has 30 heavy (non-hydrogen) atoms. The predicted molar refractivity (Wildman–Crippen MR) is 111 cm³/mol. The Labute approximate surface area is 174 Å². The second-order valence-electron chi connectivity index (χ2n) is 6.54. The number of para-hydroxylation sites is 1. The van der Waals surface area contributed by atoms with Gasteiger partial charge in [0.15, 0.2) is 11.5 Å². The molecule has 0 aromatic heterocycles. The van der Waals surface area contributed by atoms with Crippen LogP contribution in [0.5, 0.6) is 11.5 Å². The summed E-state index contributed by atoms with van der Waals surface area (Å²) >= 11 is 0. The van der Waals surface area contributed by atoms with E-state index in [0.29, 0.717) is 17.2 Å². The van der Waals surface area contributed by atoms with Gasteiger partial charge < -0.3 is 29.5 Å². The average Bonchev–Trinajstić information content (AvgIpc) is 3.08. The van der Waals surface area contributed by atoms with Gasteiger partial charge in [0.25, 0.3) is 5.91 Å². The number of nitrogens with zero attached hydrogens (tertiary/aromatic N) is 1. The Morgan fingerprint density at radius 3 is 2.50 bits per heavy atom. The molecule has 0 bridgehead atoms. The van der Waals surface area contributed by atoms with Gasteiger partial charge in [0, 0.05) is 17.8 Å². The quantitative estimate of drug-likeness (QED) is 0.641. The van der Waals surface area contributed by atoms with Crippen LogP contribution in [0.4, 0.5) is 5.69 Å². The van der Waals surface area contributed by atoms with Gasteiger partial charge in [0.05, 0.1) is 40.1 Å². The maximum Gasteiger partial charge on any atom is 0.337 e. The Morgan fingerprint density at radius 1 is 1.10 bits per heavy atom. The van der Waals surface area contributed by atoms with Gasteiger partial charge in [-0.3, -0.25) is 4.79 Å². The number of rotatable bonds is 8. The normalized spacial score (nSPS) is 13.5. The fourth-order valence-corrected chi connectivity index (χ4v) is 3.33. The highest BCUT2D eigenvalue weighted by atomic mass is 16.5. The molecule has 3 rings (SSSR count). The number of aliphatic hydroxyl groups excluding tert-OH is 1. The highest BCUT2D eigenvalue weighted by molar-refractivity contribution is 6.09. The number of nitrogens with one attached hydrogen (secondary N) is 1. The van der Waals surface area contributed by atoms with Crippen molar-refractivity contribution in [3.05, 3.63) is 53.7 Å². The lowest BCUT2D eigenvalue weighted by Gasteiger charge is -2.17. The first kappa shape index (κ1) is 21.2. The van der Waals surface area contributed by atoms with E-state index in [1.54, 1.807) is 20.3 Å². The molecule has 2 aromatic rings. The standard InChI is InChI=1S/C22H24N2O6/c1-28-18-9-8-14(12-19(18)29-2)15-6-4-5-7-17(15)23-20-16(22(27)30-3)13-24(10-11-25)21(20)26/h4-9,12,23,25H,10-11,13H2,1-3H3. The van der Waals surface area contributed by atoms with Crippen LogP contribution < -0.4 is 14.8 Å². The molecule has 0 aliphatic carbocycles. The van der Waals surface area contributed by atoms with Crippen LogP contribution in [0.15, 0.2) is 53.7 Å². The third-order valence-electron chi connectivity index (χ3n) is 4.83. The van der Waals surface area contributed by atoms with Gasteiger partial charge in [-0.25, -0.2) is 4.79 Å². The number of aliphatic hydroxyl groups is 1. The van der Waals surface area contributed by atoms with E-state index >= 15 is 0 Å². The number of carbonyl (C=O) groups is 2. The summed E-state index contributed by atoms with van der Waals surface area (Å²) in [6, 6.07) is 12.9. The smallest absolute Gasteiger partial charge is 0.337 e. The largest absolute Gasteiger partial charge is 0.493 e. The molecule has 1 heterocycles. The first-order chi connectivity index (χ1) is 14.5. The maximum atomic E-state index is 12.8. The fourth-order valence-electron chi connectivity index (χ4n) is 3.33. The molecule has 2 N–H and O–H groups in total. The SMILES string of the molecule is COC(=O)C1=C(Nc2ccccc2-c2ccc(OC)c(OC)c2)C(=O)N(CCO)C1. The van der Waals surface area contributed by atoms with Crippen LogP contribution in [0.25, 0.3) is 11.1 Å². The van der Waals surface area contributed by atoms with Crippen molar-refractivity contribution >= 4 is 17.6 Å². The summed E-state index contributed by atoms with van der Waals surface area (Å²) in [5.74, 6) is 0.222. The molecular weight excluding hydrogens is 388 g/mol. The fraction of sp³-hybridized carbons (Fsp3) is 0.273. The van der Waals surface area contributed by atoms with Crippen molar-refractivity contribution in [3.63, 3.8) is 0 Å². The average molecular weight is 412 g/mol. The van der Waals surface area contributed by atoms with Gasteiger partial charge >= 0.3 is 5.97 Å². The van der Waals surface area contributed by atoms with Crippen LogP contribution in [0.2, 0.25) is 0 Å². The van der Waals surface area contributed by atoms with Crippen molar-refractivity contribution in [1.29, 1.82) is 0 Å². The van der Waals surface area contributed by atoms with E-state index in [0.717, 1.165) is 11.1 Å². The molecule has 8 nitrogen and oxygen atoms in total. The predicted octanol–water partition coefficient (Wildman–Crippen LogP) is 2.04. The molecule has 1 aliphatic rings. The summed E-state index contributed by atoms with van der Waals surface area (Å²) in [6.45, 7) is 0.00443. The number of esters is 1. The zero-order valence-electron chi connectivity index (χ0n) is 17.1.